The molecule has 16 heavy (non-hydrogen) atoms. The third-order valence-corrected chi connectivity index (χ3v) is 3.60. The van der Waals surface area contributed by atoms with Gasteiger partial charge in [0.2, 0.25) is 0 Å². The van der Waals surface area contributed by atoms with Crippen LogP contribution >= 0.6 is 27.7 Å². The van der Waals surface area contributed by atoms with E-state index in [4.69, 9.17) is 5.11 Å². The molecule has 0 unspecified atom stereocenters. The molecule has 0 amide bonds. The maximum Gasteiger partial charge on any atom is 0.338 e. The van der Waals surface area contributed by atoms with Crippen molar-refractivity contribution >= 4 is 33.7 Å². The van der Waals surface area contributed by atoms with E-state index in [1.54, 1.807) is 13.0 Å². The summed E-state index contributed by atoms with van der Waals surface area (Å²) in [6, 6.07) is 1.77. The highest BCUT2D eigenvalue weighted by Gasteiger charge is 2.15. The normalized spacial score (nSPS) is 10.2. The predicted molar refractivity (Wildman–Crippen MR) is 69.5 cm³/mol. The van der Waals surface area contributed by atoms with Gasteiger partial charge in [-0.05, 0) is 30.0 Å². The van der Waals surface area contributed by atoms with Crippen LogP contribution in [0.25, 0.3) is 0 Å². The van der Waals surface area contributed by atoms with Gasteiger partial charge in [-0.25, -0.2) is 9.78 Å². The molecule has 5 heteroatoms. The fraction of sp³-hybridized carbons (Fsp3) is 0.273. The monoisotopic (exact) mass is 301 g/mol. The van der Waals surface area contributed by atoms with Crippen LogP contribution in [0.4, 0.5) is 0 Å². The van der Waals surface area contributed by atoms with Crippen molar-refractivity contribution in [2.75, 3.05) is 5.75 Å². The number of nitrogens with zero attached hydrogens (tertiary/aromatic N) is 1. The van der Waals surface area contributed by atoms with E-state index in [9.17, 15) is 4.79 Å². The van der Waals surface area contributed by atoms with E-state index in [2.05, 4.69) is 27.5 Å². The molecular weight excluding hydrogens is 290 g/mol. The van der Waals surface area contributed by atoms with Crippen LogP contribution < -0.4 is 0 Å². The Morgan fingerprint density at radius 2 is 2.25 bits per heavy atom. The van der Waals surface area contributed by atoms with Crippen molar-refractivity contribution in [2.24, 2.45) is 0 Å². The van der Waals surface area contributed by atoms with Crippen LogP contribution in [0.1, 0.15) is 21.6 Å². The van der Waals surface area contributed by atoms with Gasteiger partial charge in [-0.15, -0.1) is 11.8 Å². The SMILES string of the molecule is C=C(Br)CSc1nc(C)cc(C)c1C(=O)O. The number of carbonyl (C=O) groups is 1. The fourth-order valence-electron chi connectivity index (χ4n) is 1.31. The lowest BCUT2D eigenvalue weighted by atomic mass is 10.1. The molecule has 1 rings (SSSR count). The highest BCUT2D eigenvalue weighted by atomic mass is 79.9. The summed E-state index contributed by atoms with van der Waals surface area (Å²) in [7, 11) is 0. The maximum atomic E-state index is 11.1. The number of hydrogen-bond donors (Lipinski definition) is 1. The molecule has 0 atom stereocenters. The van der Waals surface area contributed by atoms with Crippen molar-refractivity contribution in [3.8, 4) is 0 Å². The molecule has 1 N–H and O–H groups in total. The van der Waals surface area contributed by atoms with Crippen LogP contribution in [0.2, 0.25) is 0 Å². The Labute approximate surface area is 107 Å². The summed E-state index contributed by atoms with van der Waals surface area (Å²) in [5.41, 5.74) is 1.84. The second-order valence-corrected chi connectivity index (χ2v) is 5.46. The quantitative estimate of drug-likeness (QED) is 0.866. The van der Waals surface area contributed by atoms with Crippen LogP contribution in [0.3, 0.4) is 0 Å². The summed E-state index contributed by atoms with van der Waals surface area (Å²) in [5, 5.41) is 9.66. The average molecular weight is 302 g/mol. The first-order valence-corrected chi connectivity index (χ1v) is 6.37. The minimum atomic E-state index is -0.937. The first-order chi connectivity index (χ1) is 7.41. The van der Waals surface area contributed by atoms with Crippen molar-refractivity contribution in [1.82, 2.24) is 4.98 Å². The molecule has 1 heterocycles. The number of carboxylic acid groups (broad SMARTS) is 1. The molecule has 0 fully saturated rings. The third-order valence-electron chi connectivity index (χ3n) is 1.89. The number of rotatable bonds is 4. The van der Waals surface area contributed by atoms with Crippen LogP contribution in [-0.2, 0) is 0 Å². The first kappa shape index (κ1) is 13.3. The molecule has 0 bridgehead atoms. The zero-order valence-electron chi connectivity index (χ0n) is 9.08. The van der Waals surface area contributed by atoms with Crippen LogP contribution in [0.5, 0.6) is 0 Å². The lowest BCUT2D eigenvalue weighted by Gasteiger charge is -2.08. The Balaban J connectivity index is 3.13. The number of pyridine rings is 1. The summed E-state index contributed by atoms with van der Waals surface area (Å²) in [6.07, 6.45) is 0. The Bertz CT molecular complexity index is 446. The van der Waals surface area contributed by atoms with E-state index >= 15 is 0 Å². The molecule has 1 aromatic rings. The highest BCUT2D eigenvalue weighted by molar-refractivity contribution is 9.11. The smallest absolute Gasteiger partial charge is 0.338 e. The van der Waals surface area contributed by atoms with E-state index in [0.29, 0.717) is 10.8 Å². The van der Waals surface area contributed by atoms with Crippen molar-refractivity contribution in [3.63, 3.8) is 0 Å². The van der Waals surface area contributed by atoms with Gasteiger partial charge in [0.25, 0.3) is 0 Å². The number of halogens is 1. The minimum Gasteiger partial charge on any atom is -0.478 e. The van der Waals surface area contributed by atoms with Gasteiger partial charge in [-0.2, -0.15) is 0 Å². The Morgan fingerprint density at radius 1 is 1.62 bits per heavy atom. The van der Waals surface area contributed by atoms with Crippen molar-refractivity contribution in [1.29, 1.82) is 0 Å². The molecular formula is C11H12BrNO2S. The van der Waals surface area contributed by atoms with Crippen LogP contribution in [-0.4, -0.2) is 21.8 Å². The molecule has 0 saturated heterocycles. The number of aryl methyl sites for hydroxylation is 2. The van der Waals surface area contributed by atoms with Gasteiger partial charge in [0.15, 0.2) is 0 Å². The van der Waals surface area contributed by atoms with E-state index in [1.807, 2.05) is 6.92 Å². The van der Waals surface area contributed by atoms with Gasteiger partial charge in [0, 0.05) is 11.4 Å². The summed E-state index contributed by atoms with van der Waals surface area (Å²) < 4.78 is 0.815. The number of aromatic carboxylic acids is 1. The number of hydrogen-bond acceptors (Lipinski definition) is 3. The maximum absolute atomic E-state index is 11.1. The van der Waals surface area contributed by atoms with Crippen LogP contribution in [0.15, 0.2) is 22.2 Å². The summed E-state index contributed by atoms with van der Waals surface area (Å²) in [4.78, 5) is 15.4. The largest absolute Gasteiger partial charge is 0.478 e. The van der Waals surface area contributed by atoms with Crippen LogP contribution in [0, 0.1) is 13.8 Å². The second kappa shape index (κ2) is 5.50. The minimum absolute atomic E-state index is 0.282. The van der Waals surface area contributed by atoms with E-state index in [0.717, 1.165) is 15.7 Å². The molecule has 0 radical (unpaired) electrons. The van der Waals surface area contributed by atoms with Crippen molar-refractivity contribution in [3.05, 3.63) is 33.9 Å². The summed E-state index contributed by atoms with van der Waals surface area (Å²) >= 11 is 4.61. The number of thioether (sulfide) groups is 1. The van der Waals surface area contributed by atoms with Gasteiger partial charge in [-0.3, -0.25) is 0 Å². The molecule has 0 aliphatic carbocycles. The Kier molecular flexibility index (Phi) is 4.56. The molecule has 86 valence electrons. The zero-order valence-corrected chi connectivity index (χ0v) is 11.5. The van der Waals surface area contributed by atoms with Gasteiger partial charge >= 0.3 is 5.97 Å². The van der Waals surface area contributed by atoms with Gasteiger partial charge < -0.3 is 5.11 Å². The summed E-state index contributed by atoms with van der Waals surface area (Å²) in [5.74, 6) is -0.330. The lowest BCUT2D eigenvalue weighted by Crippen LogP contribution is -2.05. The van der Waals surface area contributed by atoms with Crippen molar-refractivity contribution in [2.45, 2.75) is 18.9 Å². The summed E-state index contributed by atoms with van der Waals surface area (Å²) in [6.45, 7) is 7.35. The molecule has 0 aliphatic heterocycles. The highest BCUT2D eigenvalue weighted by Crippen LogP contribution is 2.26. The Hall–Kier alpha value is -0.810. The van der Waals surface area contributed by atoms with E-state index in [-0.39, 0.29) is 5.56 Å². The van der Waals surface area contributed by atoms with E-state index < -0.39 is 5.97 Å². The standard InChI is InChI=1S/C11H12BrNO2S/c1-6-4-8(3)13-10(9(6)11(14)15)16-5-7(2)12/h4H,2,5H2,1,3H3,(H,14,15). The third kappa shape index (κ3) is 3.35. The Morgan fingerprint density at radius 3 is 2.75 bits per heavy atom. The molecule has 0 aromatic carbocycles. The molecule has 0 spiro atoms. The fourth-order valence-corrected chi connectivity index (χ4v) is 2.55. The second-order valence-electron chi connectivity index (χ2n) is 3.37. The topological polar surface area (TPSA) is 50.2 Å². The molecule has 0 saturated carbocycles. The lowest BCUT2D eigenvalue weighted by molar-refractivity contribution is 0.0691. The van der Waals surface area contributed by atoms with Gasteiger partial charge in [-0.1, -0.05) is 22.5 Å². The molecule has 0 aliphatic rings. The predicted octanol–water partition coefficient (Wildman–Crippen LogP) is 3.40. The van der Waals surface area contributed by atoms with Crippen molar-refractivity contribution < 1.29 is 9.90 Å². The van der Waals surface area contributed by atoms with Gasteiger partial charge in [0.1, 0.15) is 5.03 Å². The molecule has 1 aromatic heterocycles. The first-order valence-electron chi connectivity index (χ1n) is 4.59. The van der Waals surface area contributed by atoms with Gasteiger partial charge in [0.05, 0.1) is 5.56 Å². The van der Waals surface area contributed by atoms with E-state index in [1.165, 1.54) is 11.8 Å². The number of carboxylic acids is 1. The molecule has 3 nitrogen and oxygen atoms in total. The average Bonchev–Trinajstić information content (AvgIpc) is 2.12. The zero-order chi connectivity index (χ0) is 12.3. The number of aromatic nitrogens is 1.